The van der Waals surface area contributed by atoms with Crippen molar-refractivity contribution in [2.24, 2.45) is 0 Å². The molecular weight excluding hydrogens is 360 g/mol. The number of halogens is 1. The largest absolute Gasteiger partial charge is 1.00 e. The van der Waals surface area contributed by atoms with Crippen LogP contribution in [0.4, 0.5) is 0 Å². The van der Waals surface area contributed by atoms with Crippen molar-refractivity contribution in [2.75, 3.05) is 20.3 Å². The summed E-state index contributed by atoms with van der Waals surface area (Å²) in [6.07, 6.45) is 2.00. The second-order valence-corrected chi connectivity index (χ2v) is 5.16. The Hall–Kier alpha value is -1.92. The van der Waals surface area contributed by atoms with Crippen molar-refractivity contribution >= 4 is 5.91 Å². The smallest absolute Gasteiger partial charge is 0.258 e. The number of ether oxygens (including phenoxy) is 2. The lowest BCUT2D eigenvalue weighted by Crippen LogP contribution is -3.00. The molecule has 2 heterocycles. The maximum absolute atomic E-state index is 11.7. The third-order valence-corrected chi connectivity index (χ3v) is 3.68. The van der Waals surface area contributed by atoms with Crippen LogP contribution in [0.25, 0.3) is 0 Å². The summed E-state index contributed by atoms with van der Waals surface area (Å²) in [6.45, 7) is 2.45. The second-order valence-electron chi connectivity index (χ2n) is 5.16. The Morgan fingerprint density at radius 2 is 1.96 bits per heavy atom. The highest BCUT2D eigenvalue weighted by molar-refractivity contribution is 5.97. The van der Waals surface area contributed by atoms with Crippen LogP contribution in [0.15, 0.2) is 42.6 Å². The van der Waals surface area contributed by atoms with Gasteiger partial charge in [0.05, 0.1) is 6.61 Å². The van der Waals surface area contributed by atoms with Crippen molar-refractivity contribution in [3.05, 3.63) is 59.4 Å². The summed E-state index contributed by atoms with van der Waals surface area (Å²) in [5.74, 6) is 0.840. The van der Waals surface area contributed by atoms with Gasteiger partial charge in [0.1, 0.15) is 24.5 Å². The van der Waals surface area contributed by atoms with Gasteiger partial charge in [-0.15, -0.1) is 0 Å². The third-order valence-electron chi connectivity index (χ3n) is 3.68. The molecule has 5 nitrogen and oxygen atoms in total. The van der Waals surface area contributed by atoms with Gasteiger partial charge in [-0.2, -0.15) is 4.57 Å². The zero-order valence-corrected chi connectivity index (χ0v) is 14.5. The zero-order valence-electron chi connectivity index (χ0n) is 12.9. The standard InChI is InChI=1S/C17H18N2O3.BrH/c1-21-9-10-22-14-6-4-13(5-7-14)12-19-8-2-3-15-16(19)11-18-17(15)20;/h2-8H,9-12H2,1H3;1H. The van der Waals surface area contributed by atoms with Gasteiger partial charge in [-0.25, -0.2) is 0 Å². The molecule has 1 aliphatic heterocycles. The predicted octanol–water partition coefficient (Wildman–Crippen LogP) is -1.70. The Kier molecular flexibility index (Phi) is 6.12. The first kappa shape index (κ1) is 17.4. The second kappa shape index (κ2) is 8.08. The Bertz CT molecular complexity index is 674. The van der Waals surface area contributed by atoms with E-state index in [0.29, 0.717) is 19.8 Å². The minimum absolute atomic E-state index is 0. The van der Waals surface area contributed by atoms with Crippen molar-refractivity contribution in [3.8, 4) is 5.75 Å². The Morgan fingerprint density at radius 1 is 1.17 bits per heavy atom. The highest BCUT2D eigenvalue weighted by Crippen LogP contribution is 2.14. The van der Waals surface area contributed by atoms with Gasteiger partial charge in [-0.1, -0.05) is 0 Å². The van der Waals surface area contributed by atoms with Crippen LogP contribution in [-0.4, -0.2) is 26.2 Å². The SMILES string of the molecule is COCCOc1ccc(C[n+]2cccc3c2CNC3=O)cc1.[Br-]. The molecule has 1 aromatic carbocycles. The van der Waals surface area contributed by atoms with Crippen LogP contribution in [0.2, 0.25) is 0 Å². The quantitative estimate of drug-likeness (QED) is 0.481. The topological polar surface area (TPSA) is 51.4 Å². The number of pyridine rings is 1. The lowest BCUT2D eigenvalue weighted by atomic mass is 10.2. The van der Waals surface area contributed by atoms with Crippen molar-refractivity contribution in [3.63, 3.8) is 0 Å². The summed E-state index contributed by atoms with van der Waals surface area (Å²) in [5, 5.41) is 2.86. The molecule has 0 atom stereocenters. The van der Waals surface area contributed by atoms with Crippen molar-refractivity contribution in [2.45, 2.75) is 13.1 Å². The maximum atomic E-state index is 11.7. The molecule has 23 heavy (non-hydrogen) atoms. The molecule has 2 aromatic rings. The van der Waals surface area contributed by atoms with E-state index in [1.807, 2.05) is 42.6 Å². The number of nitrogens with zero attached hydrogens (tertiary/aromatic N) is 1. The van der Waals surface area contributed by atoms with Crippen LogP contribution in [-0.2, 0) is 17.8 Å². The number of amides is 1. The van der Waals surface area contributed by atoms with Crippen LogP contribution in [0.3, 0.4) is 0 Å². The molecule has 0 saturated carbocycles. The van der Waals surface area contributed by atoms with E-state index in [1.54, 1.807) is 7.11 Å². The van der Waals surface area contributed by atoms with Gasteiger partial charge < -0.3 is 31.8 Å². The van der Waals surface area contributed by atoms with E-state index >= 15 is 0 Å². The van der Waals surface area contributed by atoms with E-state index < -0.39 is 0 Å². The molecule has 1 aliphatic rings. The molecule has 1 amide bonds. The lowest BCUT2D eigenvalue weighted by molar-refractivity contribution is -0.695. The fraction of sp³-hybridized carbons (Fsp3) is 0.294. The molecule has 0 fully saturated rings. The summed E-state index contributed by atoms with van der Waals surface area (Å²) >= 11 is 0. The number of carbonyl (C=O) groups is 1. The average Bonchev–Trinajstić information content (AvgIpc) is 2.92. The lowest BCUT2D eigenvalue weighted by Gasteiger charge is -2.06. The molecule has 122 valence electrons. The number of benzene rings is 1. The van der Waals surface area contributed by atoms with Crippen LogP contribution < -0.4 is 31.6 Å². The number of hydrogen-bond acceptors (Lipinski definition) is 3. The fourth-order valence-electron chi connectivity index (χ4n) is 2.53. The molecule has 0 unspecified atom stereocenters. The van der Waals surface area contributed by atoms with E-state index in [2.05, 4.69) is 9.88 Å². The van der Waals surface area contributed by atoms with E-state index in [-0.39, 0.29) is 22.9 Å². The normalized spacial score (nSPS) is 12.3. The molecule has 0 saturated heterocycles. The summed E-state index contributed by atoms with van der Waals surface area (Å²) in [4.78, 5) is 11.7. The molecule has 0 radical (unpaired) electrons. The average molecular weight is 379 g/mol. The van der Waals surface area contributed by atoms with Crippen LogP contribution in [0.1, 0.15) is 21.6 Å². The molecule has 6 heteroatoms. The number of nitrogens with one attached hydrogen (secondary N) is 1. The molecule has 1 N–H and O–H groups in total. The number of fused-ring (bicyclic) bond motifs is 1. The fourth-order valence-corrected chi connectivity index (χ4v) is 2.53. The summed E-state index contributed by atoms with van der Waals surface area (Å²) in [6, 6.07) is 11.8. The van der Waals surface area contributed by atoms with Crippen LogP contribution in [0, 0.1) is 0 Å². The van der Waals surface area contributed by atoms with Gasteiger partial charge in [0, 0.05) is 18.7 Å². The maximum Gasteiger partial charge on any atom is 0.258 e. The highest BCUT2D eigenvalue weighted by Gasteiger charge is 2.27. The third kappa shape index (κ3) is 4.09. The number of methoxy groups -OCH3 is 1. The molecule has 3 rings (SSSR count). The van der Waals surface area contributed by atoms with Crippen molar-refractivity contribution in [1.82, 2.24) is 5.32 Å². The molecule has 0 bridgehead atoms. The van der Waals surface area contributed by atoms with Crippen LogP contribution in [0.5, 0.6) is 5.75 Å². The number of hydrogen-bond donors (Lipinski definition) is 1. The van der Waals surface area contributed by atoms with E-state index in [1.165, 1.54) is 0 Å². The molecule has 1 aromatic heterocycles. The zero-order chi connectivity index (χ0) is 15.4. The number of rotatable bonds is 6. The Balaban J connectivity index is 0.00000192. The first-order chi connectivity index (χ1) is 10.8. The van der Waals surface area contributed by atoms with Gasteiger partial charge in [0.15, 0.2) is 12.7 Å². The van der Waals surface area contributed by atoms with Gasteiger partial charge in [0.2, 0.25) is 5.69 Å². The first-order valence-corrected chi connectivity index (χ1v) is 7.28. The Labute approximate surface area is 146 Å². The van der Waals surface area contributed by atoms with Gasteiger partial charge >= 0.3 is 0 Å². The van der Waals surface area contributed by atoms with Gasteiger partial charge in [-0.05, 0) is 30.3 Å². The van der Waals surface area contributed by atoms with E-state index in [4.69, 9.17) is 9.47 Å². The number of carbonyl (C=O) groups excluding carboxylic acids is 1. The molecule has 0 aliphatic carbocycles. The summed E-state index contributed by atoms with van der Waals surface area (Å²) in [7, 11) is 1.65. The van der Waals surface area contributed by atoms with E-state index in [9.17, 15) is 4.79 Å². The Morgan fingerprint density at radius 3 is 2.70 bits per heavy atom. The first-order valence-electron chi connectivity index (χ1n) is 7.28. The minimum Gasteiger partial charge on any atom is -1.00 e. The summed E-state index contributed by atoms with van der Waals surface area (Å²) in [5.41, 5.74) is 2.96. The molecular formula is C17H19BrN2O3. The van der Waals surface area contributed by atoms with Gasteiger partial charge in [0.25, 0.3) is 5.91 Å². The molecule has 0 spiro atoms. The number of aromatic nitrogens is 1. The summed E-state index contributed by atoms with van der Waals surface area (Å²) < 4.78 is 12.6. The highest BCUT2D eigenvalue weighted by atomic mass is 79.9. The van der Waals surface area contributed by atoms with E-state index in [0.717, 1.165) is 29.1 Å². The monoisotopic (exact) mass is 378 g/mol. The predicted molar refractivity (Wildman–Crippen MR) is 80.7 cm³/mol. The van der Waals surface area contributed by atoms with Gasteiger partial charge in [-0.3, -0.25) is 4.79 Å². The van der Waals surface area contributed by atoms with Crippen molar-refractivity contribution in [1.29, 1.82) is 0 Å². The van der Waals surface area contributed by atoms with Crippen LogP contribution >= 0.6 is 0 Å². The minimum atomic E-state index is 0. The van der Waals surface area contributed by atoms with Crippen molar-refractivity contribution < 1.29 is 35.8 Å².